The molecule has 1 fully saturated rings. The Bertz CT molecular complexity index is 635. The largest absolute Gasteiger partial charge is 0.466 e. The molecule has 2 amide bonds. The van der Waals surface area contributed by atoms with Crippen LogP contribution in [0.1, 0.15) is 37.3 Å². The molecule has 1 N–H and O–H groups in total. The van der Waals surface area contributed by atoms with E-state index in [9.17, 15) is 9.59 Å². The molecule has 0 radical (unpaired) electrons. The Hall–Kier alpha value is -2.08. The molecule has 1 unspecified atom stereocenters. The summed E-state index contributed by atoms with van der Waals surface area (Å²) >= 11 is 0. The predicted octanol–water partition coefficient (Wildman–Crippen LogP) is 2.84. The van der Waals surface area contributed by atoms with Crippen molar-refractivity contribution in [3.05, 3.63) is 35.4 Å². The average Bonchev–Trinajstić information content (AvgIpc) is 2.68. The van der Waals surface area contributed by atoms with Crippen molar-refractivity contribution in [3.8, 4) is 0 Å². The topological polar surface area (TPSA) is 61.9 Å². The second-order valence-electron chi connectivity index (χ2n) is 7.65. The summed E-state index contributed by atoms with van der Waals surface area (Å²) in [6.45, 7) is 8.61. The van der Waals surface area contributed by atoms with Crippen LogP contribution in [0, 0.1) is 12.8 Å². The molecule has 1 aliphatic rings. The Balaban J connectivity index is 1.70. The molecule has 1 aromatic carbocycles. The van der Waals surface area contributed by atoms with Crippen molar-refractivity contribution < 1.29 is 14.3 Å². The van der Waals surface area contributed by atoms with Crippen LogP contribution in [0.15, 0.2) is 24.3 Å². The molecule has 2 rings (SSSR count). The van der Waals surface area contributed by atoms with Gasteiger partial charge in [0.1, 0.15) is 0 Å². The van der Waals surface area contributed by atoms with Crippen LogP contribution < -0.4 is 5.32 Å². The minimum Gasteiger partial charge on any atom is -0.466 e. The van der Waals surface area contributed by atoms with Crippen molar-refractivity contribution in [2.75, 3.05) is 46.4 Å². The molecule has 1 heterocycles. The fourth-order valence-electron chi connectivity index (χ4n) is 3.78. The average molecular weight is 390 g/mol. The van der Waals surface area contributed by atoms with E-state index in [0.29, 0.717) is 19.1 Å². The maximum absolute atomic E-state index is 12.2. The first kappa shape index (κ1) is 22.2. The lowest BCUT2D eigenvalue weighted by molar-refractivity contribution is -0.142. The van der Waals surface area contributed by atoms with Crippen molar-refractivity contribution in [2.45, 2.75) is 39.5 Å². The number of amides is 2. The summed E-state index contributed by atoms with van der Waals surface area (Å²) in [5.74, 6) is 0.216. The Labute approximate surface area is 169 Å². The van der Waals surface area contributed by atoms with E-state index in [1.807, 2.05) is 7.05 Å². The van der Waals surface area contributed by atoms with E-state index in [4.69, 9.17) is 4.74 Å². The number of esters is 1. The number of nitrogens with one attached hydrogen (secondary N) is 1. The zero-order chi connectivity index (χ0) is 20.4. The second kappa shape index (κ2) is 11.7. The molecule has 6 heteroatoms. The van der Waals surface area contributed by atoms with E-state index in [1.54, 1.807) is 11.8 Å². The lowest BCUT2D eigenvalue weighted by Gasteiger charge is -2.34. The van der Waals surface area contributed by atoms with Crippen molar-refractivity contribution in [1.82, 2.24) is 15.1 Å². The van der Waals surface area contributed by atoms with Crippen LogP contribution in [-0.4, -0.2) is 68.2 Å². The van der Waals surface area contributed by atoms with Gasteiger partial charge in [0.15, 0.2) is 0 Å². The third-order valence-electron chi connectivity index (χ3n) is 5.35. The normalized spacial score (nSPS) is 17.2. The Morgan fingerprint density at radius 2 is 2.11 bits per heavy atom. The highest BCUT2D eigenvalue weighted by Crippen LogP contribution is 2.18. The molecular weight excluding hydrogens is 354 g/mol. The third-order valence-corrected chi connectivity index (χ3v) is 5.35. The number of nitrogens with zero attached hydrogens (tertiary/aromatic N) is 2. The van der Waals surface area contributed by atoms with E-state index in [-0.39, 0.29) is 18.4 Å². The van der Waals surface area contributed by atoms with E-state index in [2.05, 4.69) is 41.4 Å². The van der Waals surface area contributed by atoms with Gasteiger partial charge < -0.3 is 19.9 Å². The van der Waals surface area contributed by atoms with Gasteiger partial charge in [-0.05, 0) is 56.7 Å². The molecule has 0 spiro atoms. The molecule has 28 heavy (non-hydrogen) atoms. The summed E-state index contributed by atoms with van der Waals surface area (Å²) in [5.41, 5.74) is 2.78. The predicted molar refractivity (Wildman–Crippen MR) is 111 cm³/mol. The third kappa shape index (κ3) is 7.50. The molecule has 0 bridgehead atoms. The number of piperidine rings is 1. The zero-order valence-corrected chi connectivity index (χ0v) is 17.6. The Morgan fingerprint density at radius 1 is 1.32 bits per heavy atom. The highest BCUT2D eigenvalue weighted by Gasteiger charge is 2.22. The van der Waals surface area contributed by atoms with Crippen LogP contribution in [0.2, 0.25) is 0 Å². The van der Waals surface area contributed by atoms with Crippen LogP contribution in [0.25, 0.3) is 0 Å². The van der Waals surface area contributed by atoms with E-state index in [1.165, 1.54) is 17.5 Å². The number of likely N-dealkylation sites (tertiary alicyclic amines) is 1. The smallest absolute Gasteiger partial charge is 0.317 e. The standard InChI is InChI=1S/C22H35N3O3/c1-4-28-21(26)11-13-23-22(27)24(3)16-19-9-7-14-25(17-19)15-12-20-10-6-5-8-18(20)2/h5-6,8,10,19H,4,7,9,11-17H2,1-3H3,(H,23,27). The molecule has 156 valence electrons. The van der Waals surface area contributed by atoms with E-state index in [0.717, 1.165) is 39.0 Å². The number of urea groups is 1. The number of ether oxygens (including phenoxy) is 1. The van der Waals surface area contributed by atoms with Crippen molar-refractivity contribution in [1.29, 1.82) is 0 Å². The quantitative estimate of drug-likeness (QED) is 0.660. The zero-order valence-electron chi connectivity index (χ0n) is 17.6. The van der Waals surface area contributed by atoms with Gasteiger partial charge in [0.2, 0.25) is 0 Å². The minimum absolute atomic E-state index is 0.124. The summed E-state index contributed by atoms with van der Waals surface area (Å²) in [7, 11) is 1.83. The van der Waals surface area contributed by atoms with Crippen LogP contribution in [0.4, 0.5) is 4.79 Å². The fourth-order valence-corrected chi connectivity index (χ4v) is 3.78. The van der Waals surface area contributed by atoms with Crippen molar-refractivity contribution in [3.63, 3.8) is 0 Å². The van der Waals surface area contributed by atoms with Gasteiger partial charge in [0, 0.05) is 33.2 Å². The molecule has 0 aliphatic carbocycles. The number of hydrogen-bond donors (Lipinski definition) is 1. The summed E-state index contributed by atoms with van der Waals surface area (Å²) in [5, 5.41) is 2.80. The minimum atomic E-state index is -0.276. The number of aryl methyl sites for hydroxylation is 1. The fraction of sp³-hybridized carbons (Fsp3) is 0.636. The van der Waals surface area contributed by atoms with Crippen molar-refractivity contribution >= 4 is 12.0 Å². The van der Waals surface area contributed by atoms with Gasteiger partial charge in [-0.15, -0.1) is 0 Å². The first-order valence-electron chi connectivity index (χ1n) is 10.4. The second-order valence-corrected chi connectivity index (χ2v) is 7.65. The first-order valence-corrected chi connectivity index (χ1v) is 10.4. The molecular formula is C22H35N3O3. The Morgan fingerprint density at radius 3 is 2.86 bits per heavy atom. The molecule has 1 aromatic rings. The molecule has 0 aromatic heterocycles. The summed E-state index contributed by atoms with van der Waals surface area (Å²) in [6.07, 6.45) is 3.62. The first-order chi connectivity index (χ1) is 13.5. The highest BCUT2D eigenvalue weighted by molar-refractivity contribution is 5.75. The molecule has 1 saturated heterocycles. The summed E-state index contributed by atoms with van der Waals surface area (Å²) in [4.78, 5) is 27.8. The highest BCUT2D eigenvalue weighted by atomic mass is 16.5. The van der Waals surface area contributed by atoms with Crippen LogP contribution in [0.3, 0.4) is 0 Å². The van der Waals surface area contributed by atoms with Gasteiger partial charge in [-0.2, -0.15) is 0 Å². The van der Waals surface area contributed by atoms with Crippen LogP contribution in [0.5, 0.6) is 0 Å². The van der Waals surface area contributed by atoms with Gasteiger partial charge in [0.25, 0.3) is 0 Å². The van der Waals surface area contributed by atoms with E-state index < -0.39 is 0 Å². The van der Waals surface area contributed by atoms with E-state index >= 15 is 0 Å². The van der Waals surface area contributed by atoms with Crippen LogP contribution >= 0.6 is 0 Å². The molecule has 1 aliphatic heterocycles. The maximum atomic E-state index is 12.2. The number of carbonyl (C=O) groups excluding carboxylic acids is 2. The lowest BCUT2D eigenvalue weighted by atomic mass is 9.97. The SMILES string of the molecule is CCOC(=O)CCNC(=O)N(C)CC1CCCN(CCc2ccccc2C)C1. The summed E-state index contributed by atoms with van der Waals surface area (Å²) in [6, 6.07) is 8.45. The van der Waals surface area contributed by atoms with Gasteiger partial charge in [-0.3, -0.25) is 4.79 Å². The Kier molecular flexibility index (Phi) is 9.28. The van der Waals surface area contributed by atoms with Crippen LogP contribution in [-0.2, 0) is 16.0 Å². The summed E-state index contributed by atoms with van der Waals surface area (Å²) < 4.78 is 4.87. The number of carbonyl (C=O) groups is 2. The van der Waals surface area contributed by atoms with Gasteiger partial charge in [-0.1, -0.05) is 24.3 Å². The molecule has 6 nitrogen and oxygen atoms in total. The van der Waals surface area contributed by atoms with Gasteiger partial charge in [-0.25, -0.2) is 4.79 Å². The lowest BCUT2D eigenvalue weighted by Crippen LogP contribution is -2.45. The van der Waals surface area contributed by atoms with Gasteiger partial charge in [0.05, 0.1) is 13.0 Å². The van der Waals surface area contributed by atoms with Gasteiger partial charge >= 0.3 is 12.0 Å². The maximum Gasteiger partial charge on any atom is 0.317 e. The number of hydrogen-bond acceptors (Lipinski definition) is 4. The number of benzene rings is 1. The number of rotatable bonds is 9. The monoisotopic (exact) mass is 389 g/mol. The molecule has 0 saturated carbocycles. The molecule has 1 atom stereocenters. The van der Waals surface area contributed by atoms with Crippen molar-refractivity contribution in [2.24, 2.45) is 5.92 Å².